The molecule has 3 N–H and O–H groups in total. The van der Waals surface area contributed by atoms with Crippen molar-refractivity contribution in [2.75, 3.05) is 29.6 Å². The van der Waals surface area contributed by atoms with Crippen molar-refractivity contribution in [3.63, 3.8) is 0 Å². The van der Waals surface area contributed by atoms with Gasteiger partial charge in [0.1, 0.15) is 5.75 Å². The second-order valence-electron chi connectivity index (χ2n) is 5.63. The molecule has 0 saturated carbocycles. The minimum Gasteiger partial charge on any atom is -0.495 e. The topological polar surface area (TPSA) is 79.5 Å². The summed E-state index contributed by atoms with van der Waals surface area (Å²) in [5.41, 5.74) is 2.96. The number of carbonyl (C=O) groups is 2. The first-order chi connectivity index (χ1) is 12.4. The van der Waals surface area contributed by atoms with Gasteiger partial charge in [0.2, 0.25) is 11.8 Å². The third-order valence-corrected chi connectivity index (χ3v) is 4.10. The number of amides is 2. The highest BCUT2D eigenvalue weighted by atomic mass is 35.5. The molecule has 0 unspecified atom stereocenters. The Morgan fingerprint density at radius 2 is 1.81 bits per heavy atom. The summed E-state index contributed by atoms with van der Waals surface area (Å²) in [6.07, 6.45) is 0.407. The van der Waals surface area contributed by atoms with Crippen LogP contribution in [0.25, 0.3) is 0 Å². The largest absolute Gasteiger partial charge is 0.495 e. The van der Waals surface area contributed by atoms with Gasteiger partial charge in [-0.1, -0.05) is 24.6 Å². The fourth-order valence-electron chi connectivity index (χ4n) is 2.33. The van der Waals surface area contributed by atoms with Gasteiger partial charge in [0.25, 0.3) is 0 Å². The SMILES string of the molecule is CCC(=O)Nc1cccc(NCC(=O)Nc2ccc(OC)c(Cl)c2)c1C. The predicted octanol–water partition coefficient (Wildman–Crippen LogP) is 4.06. The van der Waals surface area contributed by atoms with Crippen LogP contribution in [0.3, 0.4) is 0 Å². The van der Waals surface area contributed by atoms with E-state index in [9.17, 15) is 9.59 Å². The smallest absolute Gasteiger partial charge is 0.243 e. The number of nitrogens with one attached hydrogen (secondary N) is 3. The molecule has 0 bridgehead atoms. The van der Waals surface area contributed by atoms with Crippen LogP contribution in [0.5, 0.6) is 5.75 Å². The van der Waals surface area contributed by atoms with Gasteiger partial charge >= 0.3 is 0 Å². The van der Waals surface area contributed by atoms with E-state index in [2.05, 4.69) is 16.0 Å². The normalized spacial score (nSPS) is 10.2. The van der Waals surface area contributed by atoms with Crippen LogP contribution in [-0.4, -0.2) is 25.5 Å². The van der Waals surface area contributed by atoms with Gasteiger partial charge in [-0.05, 0) is 42.8 Å². The maximum absolute atomic E-state index is 12.2. The van der Waals surface area contributed by atoms with Crippen LogP contribution in [0.4, 0.5) is 17.1 Å². The summed E-state index contributed by atoms with van der Waals surface area (Å²) in [7, 11) is 1.53. The summed E-state index contributed by atoms with van der Waals surface area (Å²) >= 11 is 6.05. The van der Waals surface area contributed by atoms with Crippen molar-refractivity contribution in [2.24, 2.45) is 0 Å². The van der Waals surface area contributed by atoms with Crippen LogP contribution in [0.15, 0.2) is 36.4 Å². The molecule has 7 heteroatoms. The van der Waals surface area contributed by atoms with Gasteiger partial charge in [0, 0.05) is 23.5 Å². The molecule has 2 rings (SSSR count). The second kappa shape index (κ2) is 9.10. The Balaban J connectivity index is 1.98. The molecule has 2 aromatic rings. The Bertz CT molecular complexity index is 809. The van der Waals surface area contributed by atoms with Crippen LogP contribution >= 0.6 is 11.6 Å². The van der Waals surface area contributed by atoms with Crippen LogP contribution < -0.4 is 20.7 Å². The molecule has 0 heterocycles. The first-order valence-electron chi connectivity index (χ1n) is 8.21. The lowest BCUT2D eigenvalue weighted by atomic mass is 10.1. The maximum Gasteiger partial charge on any atom is 0.243 e. The first-order valence-corrected chi connectivity index (χ1v) is 8.59. The Labute approximate surface area is 157 Å². The van der Waals surface area contributed by atoms with Crippen molar-refractivity contribution in [1.82, 2.24) is 0 Å². The molecular weight excluding hydrogens is 354 g/mol. The summed E-state index contributed by atoms with van der Waals surface area (Å²) in [6, 6.07) is 10.5. The zero-order chi connectivity index (χ0) is 19.1. The highest BCUT2D eigenvalue weighted by Gasteiger charge is 2.09. The Morgan fingerprint density at radius 3 is 2.46 bits per heavy atom. The molecule has 2 amide bonds. The Morgan fingerprint density at radius 1 is 1.08 bits per heavy atom. The number of hydrogen-bond donors (Lipinski definition) is 3. The molecule has 0 spiro atoms. The molecule has 0 aliphatic rings. The standard InChI is InChI=1S/C19H22ClN3O3/c1-4-18(24)23-16-7-5-6-15(12(16)2)21-11-19(25)22-13-8-9-17(26-3)14(20)10-13/h5-10,21H,4,11H2,1-3H3,(H,22,25)(H,23,24). The molecule has 0 fully saturated rings. The van der Waals surface area contributed by atoms with Crippen LogP contribution in [-0.2, 0) is 9.59 Å². The van der Waals surface area contributed by atoms with Crippen molar-refractivity contribution < 1.29 is 14.3 Å². The molecular formula is C19H22ClN3O3. The van der Waals surface area contributed by atoms with Gasteiger partial charge in [-0.2, -0.15) is 0 Å². The molecule has 0 atom stereocenters. The fraction of sp³-hybridized carbons (Fsp3) is 0.263. The first kappa shape index (κ1) is 19.6. The third kappa shape index (κ3) is 5.13. The lowest BCUT2D eigenvalue weighted by molar-refractivity contribution is -0.116. The minimum atomic E-state index is -0.214. The number of halogens is 1. The molecule has 0 aromatic heterocycles. The lowest BCUT2D eigenvalue weighted by Gasteiger charge is -2.14. The van der Waals surface area contributed by atoms with E-state index in [-0.39, 0.29) is 18.4 Å². The molecule has 0 radical (unpaired) electrons. The van der Waals surface area contributed by atoms with Crippen molar-refractivity contribution in [1.29, 1.82) is 0 Å². The average Bonchev–Trinajstić information content (AvgIpc) is 2.62. The fourth-order valence-corrected chi connectivity index (χ4v) is 2.58. The number of anilines is 3. The van der Waals surface area contributed by atoms with Gasteiger partial charge in [-0.15, -0.1) is 0 Å². The van der Waals surface area contributed by atoms with Gasteiger partial charge in [0.05, 0.1) is 18.7 Å². The minimum absolute atomic E-state index is 0.0561. The van der Waals surface area contributed by atoms with E-state index < -0.39 is 0 Å². The molecule has 138 valence electrons. The summed E-state index contributed by atoms with van der Waals surface area (Å²) < 4.78 is 5.08. The molecule has 26 heavy (non-hydrogen) atoms. The van der Waals surface area contributed by atoms with Gasteiger partial charge < -0.3 is 20.7 Å². The Kier molecular flexibility index (Phi) is 6.86. The van der Waals surface area contributed by atoms with Gasteiger partial charge in [-0.25, -0.2) is 0 Å². The zero-order valence-corrected chi connectivity index (χ0v) is 15.7. The Hall–Kier alpha value is -2.73. The quantitative estimate of drug-likeness (QED) is 0.682. The van der Waals surface area contributed by atoms with E-state index in [4.69, 9.17) is 16.3 Å². The number of benzene rings is 2. The summed E-state index contributed by atoms with van der Waals surface area (Å²) in [5.74, 6) is 0.275. The summed E-state index contributed by atoms with van der Waals surface area (Å²) in [6.45, 7) is 3.76. The molecule has 0 saturated heterocycles. The van der Waals surface area contributed by atoms with E-state index >= 15 is 0 Å². The van der Waals surface area contributed by atoms with Crippen LogP contribution in [0.1, 0.15) is 18.9 Å². The lowest BCUT2D eigenvalue weighted by Crippen LogP contribution is -2.22. The number of carbonyl (C=O) groups excluding carboxylic acids is 2. The maximum atomic E-state index is 12.2. The van der Waals surface area contributed by atoms with Gasteiger partial charge in [0.15, 0.2) is 0 Å². The van der Waals surface area contributed by atoms with E-state index in [0.717, 1.165) is 16.9 Å². The number of methoxy groups -OCH3 is 1. The van der Waals surface area contributed by atoms with E-state index in [1.807, 2.05) is 25.1 Å². The molecule has 0 aliphatic heterocycles. The van der Waals surface area contributed by atoms with E-state index in [0.29, 0.717) is 22.9 Å². The second-order valence-corrected chi connectivity index (χ2v) is 6.04. The molecule has 2 aromatic carbocycles. The summed E-state index contributed by atoms with van der Waals surface area (Å²) in [4.78, 5) is 23.7. The summed E-state index contributed by atoms with van der Waals surface area (Å²) in [5, 5.41) is 9.11. The highest BCUT2D eigenvalue weighted by Crippen LogP contribution is 2.27. The number of hydrogen-bond acceptors (Lipinski definition) is 4. The number of rotatable bonds is 7. The number of ether oxygens (including phenoxy) is 1. The van der Waals surface area contributed by atoms with Crippen molar-refractivity contribution in [3.05, 3.63) is 47.0 Å². The zero-order valence-electron chi connectivity index (χ0n) is 15.0. The van der Waals surface area contributed by atoms with Crippen molar-refractivity contribution >= 4 is 40.5 Å². The van der Waals surface area contributed by atoms with Crippen LogP contribution in [0, 0.1) is 6.92 Å². The third-order valence-electron chi connectivity index (χ3n) is 3.80. The predicted molar refractivity (Wildman–Crippen MR) is 105 cm³/mol. The van der Waals surface area contributed by atoms with Gasteiger partial charge in [-0.3, -0.25) is 9.59 Å². The van der Waals surface area contributed by atoms with Crippen molar-refractivity contribution in [3.8, 4) is 5.75 Å². The van der Waals surface area contributed by atoms with E-state index in [1.54, 1.807) is 25.1 Å². The molecule has 0 aliphatic carbocycles. The monoisotopic (exact) mass is 375 g/mol. The van der Waals surface area contributed by atoms with E-state index in [1.165, 1.54) is 7.11 Å². The highest BCUT2D eigenvalue weighted by molar-refractivity contribution is 6.32. The van der Waals surface area contributed by atoms with Crippen LogP contribution in [0.2, 0.25) is 5.02 Å². The van der Waals surface area contributed by atoms with Crippen molar-refractivity contribution in [2.45, 2.75) is 20.3 Å². The molecule has 6 nitrogen and oxygen atoms in total. The average molecular weight is 376 g/mol.